The molecular weight excluding hydrogens is 346 g/mol. The highest BCUT2D eigenvalue weighted by molar-refractivity contribution is 7.10. The zero-order chi connectivity index (χ0) is 18.9. The zero-order valence-corrected chi connectivity index (χ0v) is 16.5. The molecule has 5 nitrogen and oxygen atoms in total. The Morgan fingerprint density at radius 1 is 1.31 bits per heavy atom. The van der Waals surface area contributed by atoms with Crippen molar-refractivity contribution in [3.05, 3.63) is 40.1 Å². The molecule has 1 aliphatic rings. The van der Waals surface area contributed by atoms with Crippen molar-refractivity contribution in [1.82, 2.24) is 4.90 Å². The van der Waals surface area contributed by atoms with Gasteiger partial charge in [-0.25, -0.2) is 4.99 Å². The topological polar surface area (TPSA) is 67.9 Å². The number of rotatable bonds is 5. The quantitative estimate of drug-likeness (QED) is 0.866. The number of carbonyl (C=O) groups excluding carboxylic acids is 1. The van der Waals surface area contributed by atoms with Gasteiger partial charge in [-0.05, 0) is 60.5 Å². The maximum Gasteiger partial charge on any atom is 0.231 e. The molecule has 1 atom stereocenters. The van der Waals surface area contributed by atoms with Crippen molar-refractivity contribution in [3.8, 4) is 16.9 Å². The van der Waals surface area contributed by atoms with Gasteiger partial charge in [-0.15, -0.1) is 11.3 Å². The first-order valence-electron chi connectivity index (χ1n) is 8.78. The Kier molecular flexibility index (Phi) is 5.05. The summed E-state index contributed by atoms with van der Waals surface area (Å²) in [5, 5.41) is 2.10. The van der Waals surface area contributed by atoms with Crippen LogP contribution >= 0.6 is 11.3 Å². The number of hydrogen-bond donors (Lipinski definition) is 1. The Hall–Kier alpha value is -2.34. The molecule has 0 fully saturated rings. The van der Waals surface area contributed by atoms with Crippen LogP contribution in [0, 0.1) is 6.92 Å². The van der Waals surface area contributed by atoms with E-state index in [1.54, 1.807) is 18.4 Å². The summed E-state index contributed by atoms with van der Waals surface area (Å²) in [5.74, 6) is 1.14. The predicted octanol–water partition coefficient (Wildman–Crippen LogP) is 3.90. The van der Waals surface area contributed by atoms with Gasteiger partial charge in [0.15, 0.2) is 5.96 Å². The number of nitrogens with zero attached hydrogens (tertiary/aromatic N) is 2. The maximum absolute atomic E-state index is 12.2. The van der Waals surface area contributed by atoms with Gasteiger partial charge in [-0.1, -0.05) is 13.0 Å². The van der Waals surface area contributed by atoms with Crippen LogP contribution in [0.4, 0.5) is 0 Å². The van der Waals surface area contributed by atoms with E-state index in [2.05, 4.69) is 42.4 Å². The highest BCUT2D eigenvalue weighted by Gasteiger charge is 2.37. The van der Waals surface area contributed by atoms with Crippen molar-refractivity contribution < 1.29 is 9.53 Å². The molecule has 0 spiro atoms. The van der Waals surface area contributed by atoms with Crippen LogP contribution in [0.1, 0.15) is 37.1 Å². The first-order valence-corrected chi connectivity index (χ1v) is 9.66. The molecule has 2 aromatic rings. The molecule has 6 heteroatoms. The molecule has 138 valence electrons. The summed E-state index contributed by atoms with van der Waals surface area (Å²) in [4.78, 5) is 19.2. The van der Waals surface area contributed by atoms with Crippen LogP contribution in [0.25, 0.3) is 11.1 Å². The molecule has 1 aromatic heterocycles. The van der Waals surface area contributed by atoms with Crippen LogP contribution in [0.3, 0.4) is 0 Å². The Labute approximate surface area is 158 Å². The number of thiophene rings is 1. The highest BCUT2D eigenvalue weighted by atomic mass is 32.1. The van der Waals surface area contributed by atoms with Crippen LogP contribution in [-0.4, -0.2) is 30.4 Å². The zero-order valence-electron chi connectivity index (χ0n) is 15.7. The number of aryl methyl sites for hydroxylation is 1. The first-order chi connectivity index (χ1) is 12.3. The Morgan fingerprint density at radius 3 is 2.77 bits per heavy atom. The van der Waals surface area contributed by atoms with Crippen molar-refractivity contribution in [2.75, 3.05) is 13.7 Å². The second kappa shape index (κ2) is 7.11. The number of benzene rings is 1. The monoisotopic (exact) mass is 371 g/mol. The van der Waals surface area contributed by atoms with E-state index in [4.69, 9.17) is 10.5 Å². The smallest absolute Gasteiger partial charge is 0.231 e. The molecule has 2 N–H and O–H groups in total. The summed E-state index contributed by atoms with van der Waals surface area (Å²) in [6, 6.07) is 8.37. The molecular formula is C20H25N3O2S. The van der Waals surface area contributed by atoms with Crippen LogP contribution in [-0.2, 0) is 10.3 Å². The summed E-state index contributed by atoms with van der Waals surface area (Å²) in [6.07, 6.45) is 1.30. The molecule has 0 bridgehead atoms. The third-order valence-electron chi connectivity index (χ3n) is 4.56. The molecule has 0 unspecified atom stereocenters. The molecule has 0 radical (unpaired) electrons. The third-order valence-corrected chi connectivity index (χ3v) is 5.75. The highest BCUT2D eigenvalue weighted by Crippen LogP contribution is 2.39. The van der Waals surface area contributed by atoms with Gasteiger partial charge in [0.25, 0.3) is 0 Å². The van der Waals surface area contributed by atoms with Gasteiger partial charge in [0.1, 0.15) is 11.3 Å². The first kappa shape index (κ1) is 18.5. The number of aliphatic imine (C=N–C) groups is 1. The summed E-state index contributed by atoms with van der Waals surface area (Å²) in [7, 11) is 1.66. The standard InChI is InChI=1S/C20H25N3O2S/c1-5-6-25-16-8-13(2)7-14(9-16)15-10-17(26-12-15)20(3)11-18(24)23(4)19(21)22-20/h7-10,12H,5-6,11H2,1-4H3,(H2,21,22)/t20-/m0/s1. The lowest BCUT2D eigenvalue weighted by atomic mass is 9.93. The average molecular weight is 372 g/mol. The number of carbonyl (C=O) groups is 1. The van der Waals surface area contributed by atoms with Gasteiger partial charge in [0.05, 0.1) is 13.0 Å². The fourth-order valence-corrected chi connectivity index (χ4v) is 4.06. The van der Waals surface area contributed by atoms with E-state index in [1.807, 2.05) is 13.0 Å². The van der Waals surface area contributed by atoms with Crippen LogP contribution < -0.4 is 10.5 Å². The molecule has 0 aliphatic carbocycles. The number of ether oxygens (including phenoxy) is 1. The predicted molar refractivity (Wildman–Crippen MR) is 107 cm³/mol. The third kappa shape index (κ3) is 3.60. The fraction of sp³-hybridized carbons (Fsp3) is 0.400. The van der Waals surface area contributed by atoms with Crippen molar-refractivity contribution >= 4 is 23.2 Å². The van der Waals surface area contributed by atoms with E-state index in [0.29, 0.717) is 13.0 Å². The molecule has 0 saturated carbocycles. The Bertz CT molecular complexity index is 858. The van der Waals surface area contributed by atoms with Crippen molar-refractivity contribution in [2.24, 2.45) is 10.7 Å². The second-order valence-corrected chi connectivity index (χ2v) is 7.87. The summed E-state index contributed by atoms with van der Waals surface area (Å²) < 4.78 is 5.80. The van der Waals surface area contributed by atoms with E-state index in [9.17, 15) is 4.79 Å². The SMILES string of the molecule is CCCOc1cc(C)cc(-c2csc([C@]3(C)CC(=O)N(C)C(N)=N3)c2)c1. The van der Waals surface area contributed by atoms with E-state index < -0.39 is 5.54 Å². The number of hydrogen-bond acceptors (Lipinski definition) is 5. The van der Waals surface area contributed by atoms with Gasteiger partial charge in [-0.2, -0.15) is 0 Å². The largest absolute Gasteiger partial charge is 0.494 e. The molecule has 2 heterocycles. The van der Waals surface area contributed by atoms with Gasteiger partial charge in [0, 0.05) is 11.9 Å². The van der Waals surface area contributed by atoms with E-state index >= 15 is 0 Å². The van der Waals surface area contributed by atoms with Gasteiger partial charge in [-0.3, -0.25) is 9.69 Å². The molecule has 1 amide bonds. The lowest BCUT2D eigenvalue weighted by Crippen LogP contribution is -2.47. The minimum absolute atomic E-state index is 0.0132. The van der Waals surface area contributed by atoms with Gasteiger partial charge < -0.3 is 10.5 Å². The van der Waals surface area contributed by atoms with Crippen molar-refractivity contribution in [2.45, 2.75) is 39.2 Å². The van der Waals surface area contributed by atoms with E-state index in [-0.39, 0.29) is 11.9 Å². The Balaban J connectivity index is 1.93. The molecule has 3 rings (SSSR count). The molecule has 26 heavy (non-hydrogen) atoms. The fourth-order valence-electron chi connectivity index (χ4n) is 3.04. The number of amides is 1. The van der Waals surface area contributed by atoms with Crippen LogP contribution in [0.5, 0.6) is 5.75 Å². The van der Waals surface area contributed by atoms with Crippen molar-refractivity contribution in [1.29, 1.82) is 0 Å². The van der Waals surface area contributed by atoms with Gasteiger partial charge in [0.2, 0.25) is 5.91 Å². The van der Waals surface area contributed by atoms with Gasteiger partial charge >= 0.3 is 0 Å². The number of guanidine groups is 1. The second-order valence-electron chi connectivity index (χ2n) is 6.96. The summed E-state index contributed by atoms with van der Waals surface area (Å²) in [5.41, 5.74) is 8.69. The average Bonchev–Trinajstić information content (AvgIpc) is 3.08. The lowest BCUT2D eigenvalue weighted by molar-refractivity contribution is -0.128. The summed E-state index contributed by atoms with van der Waals surface area (Å²) >= 11 is 1.61. The minimum atomic E-state index is -0.609. The van der Waals surface area contributed by atoms with Crippen molar-refractivity contribution in [3.63, 3.8) is 0 Å². The van der Waals surface area contributed by atoms with Crippen LogP contribution in [0.15, 0.2) is 34.6 Å². The normalized spacial score (nSPS) is 20.2. The Morgan fingerprint density at radius 2 is 2.08 bits per heavy atom. The van der Waals surface area contributed by atoms with E-state index in [1.165, 1.54) is 4.90 Å². The molecule has 1 aromatic carbocycles. The minimum Gasteiger partial charge on any atom is -0.494 e. The maximum atomic E-state index is 12.2. The number of nitrogens with two attached hydrogens (primary N) is 1. The molecule has 1 aliphatic heterocycles. The van der Waals surface area contributed by atoms with E-state index in [0.717, 1.165) is 33.7 Å². The lowest BCUT2D eigenvalue weighted by Gasteiger charge is -2.32. The molecule has 0 saturated heterocycles. The summed E-state index contributed by atoms with van der Waals surface area (Å²) in [6.45, 7) is 6.83. The van der Waals surface area contributed by atoms with Crippen LogP contribution in [0.2, 0.25) is 0 Å².